The number of carbonyl (C=O) groups is 2. The van der Waals surface area contributed by atoms with Gasteiger partial charge in [0.05, 0.1) is 5.41 Å². The summed E-state index contributed by atoms with van der Waals surface area (Å²) >= 11 is 0. The Hall–Kier alpha value is -2.09. The third kappa shape index (κ3) is 4.35. The fraction of sp³-hybridized carbons (Fsp3) is 0.722. The smallest absolute Gasteiger partial charge is 0.410 e. The molecule has 146 valence electrons. The number of aromatic nitrogens is 1. The van der Waals surface area contributed by atoms with Gasteiger partial charge < -0.3 is 18.7 Å². The molecule has 1 unspecified atom stereocenters. The molecule has 1 heterocycles. The summed E-state index contributed by atoms with van der Waals surface area (Å²) < 4.78 is 21.8. The Morgan fingerprint density at radius 2 is 1.85 bits per heavy atom. The minimum absolute atomic E-state index is 0.0116. The van der Waals surface area contributed by atoms with Crippen molar-refractivity contribution >= 4 is 12.1 Å². The number of nitrogens with zero attached hydrogens (tertiary/aromatic N) is 1. The van der Waals surface area contributed by atoms with E-state index in [0.717, 1.165) is 0 Å². The van der Waals surface area contributed by atoms with E-state index in [0.29, 0.717) is 30.6 Å². The number of alkyl carbamates (subject to hydrolysis) is 1. The number of carbonyl (C=O) groups excluding carboxylic acids is 2. The van der Waals surface area contributed by atoms with Crippen molar-refractivity contribution in [2.24, 2.45) is 5.41 Å². The summed E-state index contributed by atoms with van der Waals surface area (Å²) in [6, 6.07) is 0. The molecule has 26 heavy (non-hydrogen) atoms. The predicted molar refractivity (Wildman–Crippen MR) is 92.6 cm³/mol. The van der Waals surface area contributed by atoms with Crippen molar-refractivity contribution in [2.75, 3.05) is 7.11 Å². The molecule has 8 nitrogen and oxygen atoms in total. The maximum absolute atomic E-state index is 12.3. The van der Waals surface area contributed by atoms with Crippen LogP contribution in [-0.4, -0.2) is 29.9 Å². The summed E-state index contributed by atoms with van der Waals surface area (Å²) in [5.41, 5.74) is -2.18. The standard InChI is InChI=1S/C18H28N2O6/c1-16(2,3)14(21)24-13-12-11(26-20-13)9-8-10-18(12,23-7)19-15(22)25-17(4,5)6/h8-10H2,1-7H3,(H,19,22). The van der Waals surface area contributed by atoms with Gasteiger partial charge in [-0.05, 0) is 53.1 Å². The third-order valence-corrected chi connectivity index (χ3v) is 3.92. The second-order valence-corrected chi connectivity index (χ2v) is 8.44. The molecule has 0 saturated carbocycles. The molecule has 1 aliphatic carbocycles. The van der Waals surface area contributed by atoms with Crippen molar-refractivity contribution in [3.63, 3.8) is 0 Å². The summed E-state index contributed by atoms with van der Waals surface area (Å²) in [5.74, 6) is 0.0739. The summed E-state index contributed by atoms with van der Waals surface area (Å²) in [6.07, 6.45) is 1.15. The molecule has 1 aromatic heterocycles. The molecule has 1 atom stereocenters. The summed E-state index contributed by atoms with van der Waals surface area (Å²) in [4.78, 5) is 24.6. The van der Waals surface area contributed by atoms with E-state index in [1.54, 1.807) is 41.5 Å². The number of fused-ring (bicyclic) bond motifs is 1. The lowest BCUT2D eigenvalue weighted by Gasteiger charge is -2.36. The number of nitrogens with one attached hydrogen (secondary N) is 1. The van der Waals surface area contributed by atoms with Crippen LogP contribution in [0.2, 0.25) is 0 Å². The fourth-order valence-corrected chi connectivity index (χ4v) is 2.66. The van der Waals surface area contributed by atoms with Gasteiger partial charge in [-0.3, -0.25) is 10.1 Å². The normalized spacial score (nSPS) is 20.3. The molecular weight excluding hydrogens is 340 g/mol. The molecule has 0 spiro atoms. The lowest BCUT2D eigenvalue weighted by atomic mass is 9.89. The van der Waals surface area contributed by atoms with Crippen LogP contribution in [-0.2, 0) is 26.4 Å². The summed E-state index contributed by atoms with van der Waals surface area (Å²) in [5, 5.41) is 6.64. The van der Waals surface area contributed by atoms with Gasteiger partial charge in [0.15, 0.2) is 5.72 Å². The fourth-order valence-electron chi connectivity index (χ4n) is 2.66. The Labute approximate surface area is 153 Å². The zero-order valence-electron chi connectivity index (χ0n) is 16.5. The first-order valence-electron chi connectivity index (χ1n) is 8.65. The minimum Gasteiger partial charge on any atom is -0.444 e. The molecule has 0 radical (unpaired) electrons. The van der Waals surface area contributed by atoms with Gasteiger partial charge in [0.1, 0.15) is 16.9 Å². The Kier molecular flexibility index (Phi) is 5.37. The van der Waals surface area contributed by atoms with E-state index < -0.39 is 28.8 Å². The highest BCUT2D eigenvalue weighted by atomic mass is 16.6. The van der Waals surface area contributed by atoms with Crippen molar-refractivity contribution in [1.82, 2.24) is 10.5 Å². The predicted octanol–water partition coefficient (Wildman–Crippen LogP) is 3.29. The highest BCUT2D eigenvalue weighted by Gasteiger charge is 2.46. The average Bonchev–Trinajstić information content (AvgIpc) is 2.88. The second kappa shape index (κ2) is 6.90. The van der Waals surface area contributed by atoms with Crippen LogP contribution in [0.1, 0.15) is 65.7 Å². The third-order valence-electron chi connectivity index (χ3n) is 3.92. The Morgan fingerprint density at radius 1 is 1.19 bits per heavy atom. The van der Waals surface area contributed by atoms with Crippen LogP contribution >= 0.6 is 0 Å². The van der Waals surface area contributed by atoms with Crippen LogP contribution in [0.3, 0.4) is 0 Å². The van der Waals surface area contributed by atoms with Crippen LogP contribution in [0.25, 0.3) is 0 Å². The van der Waals surface area contributed by atoms with E-state index in [-0.39, 0.29) is 5.88 Å². The number of esters is 1. The van der Waals surface area contributed by atoms with Gasteiger partial charge in [0.2, 0.25) is 0 Å². The second-order valence-electron chi connectivity index (χ2n) is 8.44. The van der Waals surface area contributed by atoms with Gasteiger partial charge in [-0.2, -0.15) is 0 Å². The molecule has 0 aliphatic heterocycles. The van der Waals surface area contributed by atoms with Gasteiger partial charge in [0.25, 0.3) is 5.88 Å². The molecule has 0 bridgehead atoms. The van der Waals surface area contributed by atoms with Gasteiger partial charge in [-0.1, -0.05) is 0 Å². The maximum Gasteiger partial charge on any atom is 0.410 e. The van der Waals surface area contributed by atoms with Gasteiger partial charge in [0, 0.05) is 20.0 Å². The lowest BCUT2D eigenvalue weighted by Crippen LogP contribution is -2.50. The Balaban J connectivity index is 2.36. The highest BCUT2D eigenvalue weighted by Crippen LogP contribution is 2.42. The molecule has 1 aliphatic rings. The quantitative estimate of drug-likeness (QED) is 0.645. The molecule has 1 amide bonds. The molecule has 1 N–H and O–H groups in total. The molecular formula is C18H28N2O6. The van der Waals surface area contributed by atoms with E-state index in [1.807, 2.05) is 0 Å². The average molecular weight is 368 g/mol. The molecule has 0 saturated heterocycles. The van der Waals surface area contributed by atoms with E-state index in [2.05, 4.69) is 10.5 Å². The van der Waals surface area contributed by atoms with E-state index in [4.69, 9.17) is 18.7 Å². The van der Waals surface area contributed by atoms with E-state index in [1.165, 1.54) is 7.11 Å². The number of amides is 1. The van der Waals surface area contributed by atoms with Crippen molar-refractivity contribution in [3.8, 4) is 5.88 Å². The Bertz CT molecular complexity index is 683. The Morgan fingerprint density at radius 3 is 2.38 bits per heavy atom. The number of hydrogen-bond donors (Lipinski definition) is 1. The first-order chi connectivity index (χ1) is 11.9. The van der Waals surface area contributed by atoms with Crippen LogP contribution in [0.15, 0.2) is 4.52 Å². The summed E-state index contributed by atoms with van der Waals surface area (Å²) in [6.45, 7) is 10.5. The summed E-state index contributed by atoms with van der Waals surface area (Å²) in [7, 11) is 1.47. The largest absolute Gasteiger partial charge is 0.444 e. The SMILES string of the molecule is COC1(NC(=O)OC(C)(C)C)CCCc2onc(OC(=O)C(C)(C)C)c21. The van der Waals surface area contributed by atoms with Crippen molar-refractivity contribution < 1.29 is 28.3 Å². The molecule has 1 aromatic rings. The first kappa shape index (κ1) is 20.2. The number of ether oxygens (including phenoxy) is 3. The zero-order chi connectivity index (χ0) is 19.8. The molecule has 0 fully saturated rings. The molecule has 8 heteroatoms. The van der Waals surface area contributed by atoms with Gasteiger partial charge in [-0.15, -0.1) is 0 Å². The van der Waals surface area contributed by atoms with Crippen LogP contribution in [0.4, 0.5) is 4.79 Å². The van der Waals surface area contributed by atoms with Crippen LogP contribution < -0.4 is 10.1 Å². The van der Waals surface area contributed by atoms with Gasteiger partial charge in [-0.25, -0.2) is 4.79 Å². The number of aryl methyl sites for hydroxylation is 1. The van der Waals surface area contributed by atoms with E-state index in [9.17, 15) is 9.59 Å². The van der Waals surface area contributed by atoms with Crippen molar-refractivity contribution in [3.05, 3.63) is 11.3 Å². The molecule has 0 aromatic carbocycles. The van der Waals surface area contributed by atoms with Crippen molar-refractivity contribution in [2.45, 2.75) is 72.1 Å². The zero-order valence-corrected chi connectivity index (χ0v) is 16.5. The van der Waals surface area contributed by atoms with Crippen LogP contribution in [0.5, 0.6) is 5.88 Å². The highest BCUT2D eigenvalue weighted by molar-refractivity contribution is 5.78. The lowest BCUT2D eigenvalue weighted by molar-refractivity contribution is -0.143. The topological polar surface area (TPSA) is 99.9 Å². The number of methoxy groups -OCH3 is 1. The molecule has 2 rings (SSSR count). The van der Waals surface area contributed by atoms with Crippen LogP contribution in [0, 0.1) is 5.41 Å². The van der Waals surface area contributed by atoms with E-state index >= 15 is 0 Å². The number of hydrogen-bond acceptors (Lipinski definition) is 7. The number of rotatable bonds is 3. The monoisotopic (exact) mass is 368 g/mol. The van der Waals surface area contributed by atoms with Crippen molar-refractivity contribution in [1.29, 1.82) is 0 Å². The maximum atomic E-state index is 12.3. The van der Waals surface area contributed by atoms with Gasteiger partial charge >= 0.3 is 12.1 Å². The first-order valence-corrected chi connectivity index (χ1v) is 8.65. The minimum atomic E-state index is -1.23.